The Bertz CT molecular complexity index is 844. The Morgan fingerprint density at radius 2 is 1.25 bits per heavy atom. The van der Waals surface area contributed by atoms with Crippen molar-refractivity contribution in [2.75, 3.05) is 66.4 Å². The van der Waals surface area contributed by atoms with Crippen molar-refractivity contribution >= 4 is 35.4 Å². The second kappa shape index (κ2) is 14.0. The number of benzene rings is 2. The van der Waals surface area contributed by atoms with E-state index in [9.17, 15) is 0 Å². The lowest BCUT2D eigenvalue weighted by Gasteiger charge is -2.20. The average molecular weight is 484 g/mol. The first-order valence-corrected chi connectivity index (χ1v) is 11.3. The summed E-state index contributed by atoms with van der Waals surface area (Å²) in [6.45, 7) is 2.77. The van der Waals surface area contributed by atoms with Crippen LogP contribution >= 0.6 is 23.2 Å². The van der Waals surface area contributed by atoms with E-state index in [4.69, 9.17) is 46.9 Å². The van der Waals surface area contributed by atoms with E-state index in [1.165, 1.54) is 0 Å². The fourth-order valence-corrected chi connectivity index (χ4v) is 3.64. The molecule has 0 bridgehead atoms. The van der Waals surface area contributed by atoms with Crippen LogP contribution in [-0.4, -0.2) is 71.3 Å². The normalized spacial score (nSPS) is 11.1. The fraction of sp³-hybridized carbons (Fsp3) is 0.417. The van der Waals surface area contributed by atoms with E-state index in [2.05, 4.69) is 4.90 Å². The largest absolute Gasteiger partial charge is 0.493 e. The molecule has 0 saturated carbocycles. The first kappa shape index (κ1) is 26.0. The molecule has 0 heterocycles. The zero-order valence-corrected chi connectivity index (χ0v) is 20.5. The Labute approximate surface area is 200 Å². The van der Waals surface area contributed by atoms with E-state index in [1.807, 2.05) is 42.5 Å². The first-order valence-electron chi connectivity index (χ1n) is 10.2. The molecule has 0 fully saturated rings. The van der Waals surface area contributed by atoms with E-state index in [1.54, 1.807) is 28.4 Å². The summed E-state index contributed by atoms with van der Waals surface area (Å²) in [7, 11) is 6.40. The van der Waals surface area contributed by atoms with Crippen molar-refractivity contribution in [3.63, 3.8) is 0 Å². The highest BCUT2D eigenvalue weighted by Gasteiger charge is 2.12. The number of hydrogen-bond donors (Lipinski definition) is 0. The van der Waals surface area contributed by atoms with Crippen LogP contribution in [0.5, 0.6) is 28.7 Å². The van der Waals surface area contributed by atoms with E-state index in [-0.39, 0.29) is 0 Å². The summed E-state index contributed by atoms with van der Waals surface area (Å²) in [4.78, 5) is 2.17. The van der Waals surface area contributed by atoms with Gasteiger partial charge in [0.1, 0.15) is 6.61 Å². The number of hydrogen-bond acceptors (Lipinski definition) is 6. The van der Waals surface area contributed by atoms with Crippen LogP contribution < -0.4 is 23.7 Å². The summed E-state index contributed by atoms with van der Waals surface area (Å²) in [5, 5.41) is 0. The summed E-state index contributed by atoms with van der Waals surface area (Å²) in [5.41, 5.74) is 1.88. The monoisotopic (exact) mass is 483 g/mol. The van der Waals surface area contributed by atoms with Crippen LogP contribution in [0.15, 0.2) is 30.3 Å². The SMILES string of the molecule is COc1ccc(/C=C\c2cc(OC)c(OC)c(OC)c2)cc1OCCN(CCCl)CCCl. The molecule has 2 aromatic rings. The maximum Gasteiger partial charge on any atom is 0.203 e. The Hall–Kier alpha value is -2.28. The summed E-state index contributed by atoms with van der Waals surface area (Å²) in [5.74, 6) is 4.23. The molecular formula is C24H31Cl2NO5. The molecule has 0 saturated heterocycles. The van der Waals surface area contributed by atoms with E-state index >= 15 is 0 Å². The molecule has 0 atom stereocenters. The molecule has 32 heavy (non-hydrogen) atoms. The van der Waals surface area contributed by atoms with E-state index in [0.717, 1.165) is 30.8 Å². The van der Waals surface area contributed by atoms with Gasteiger partial charge in [-0.2, -0.15) is 0 Å². The molecule has 0 spiro atoms. The topological polar surface area (TPSA) is 49.4 Å². The zero-order valence-electron chi connectivity index (χ0n) is 19.0. The standard InChI is InChI=1S/C24H31Cl2NO5/c1-28-20-8-7-18(15-21(20)32-14-13-27(11-9-25)12-10-26)5-6-19-16-22(29-2)24(31-4)23(17-19)30-3/h5-8,15-17H,9-14H2,1-4H3/b6-5-. The van der Waals surface area contributed by atoms with Gasteiger partial charge in [0.2, 0.25) is 5.75 Å². The van der Waals surface area contributed by atoms with Crippen LogP contribution in [0, 0.1) is 0 Å². The molecule has 0 N–H and O–H groups in total. The highest BCUT2D eigenvalue weighted by molar-refractivity contribution is 6.18. The van der Waals surface area contributed by atoms with E-state index < -0.39 is 0 Å². The van der Waals surface area contributed by atoms with Crippen molar-refractivity contribution in [1.82, 2.24) is 4.90 Å². The van der Waals surface area contributed by atoms with Gasteiger partial charge in [-0.1, -0.05) is 18.2 Å². The summed E-state index contributed by atoms with van der Waals surface area (Å²) in [6.07, 6.45) is 3.96. The van der Waals surface area contributed by atoms with Gasteiger partial charge in [0.25, 0.3) is 0 Å². The molecule has 0 radical (unpaired) electrons. The van der Waals surface area contributed by atoms with Crippen LogP contribution in [0.25, 0.3) is 12.2 Å². The van der Waals surface area contributed by atoms with Gasteiger partial charge in [-0.15, -0.1) is 23.2 Å². The van der Waals surface area contributed by atoms with Gasteiger partial charge < -0.3 is 23.7 Å². The van der Waals surface area contributed by atoms with Crippen LogP contribution in [0.3, 0.4) is 0 Å². The molecule has 0 aliphatic rings. The van der Waals surface area contributed by atoms with Crippen molar-refractivity contribution < 1.29 is 23.7 Å². The number of methoxy groups -OCH3 is 4. The molecule has 0 unspecified atom stereocenters. The molecule has 0 amide bonds. The molecule has 0 aliphatic carbocycles. The lowest BCUT2D eigenvalue weighted by Crippen LogP contribution is -2.32. The van der Waals surface area contributed by atoms with Gasteiger partial charge >= 0.3 is 0 Å². The lowest BCUT2D eigenvalue weighted by atomic mass is 10.1. The molecular weight excluding hydrogens is 453 g/mol. The van der Waals surface area contributed by atoms with Crippen molar-refractivity contribution in [3.8, 4) is 28.7 Å². The number of nitrogens with zero attached hydrogens (tertiary/aromatic N) is 1. The minimum Gasteiger partial charge on any atom is -0.493 e. The number of rotatable bonds is 14. The summed E-state index contributed by atoms with van der Waals surface area (Å²) in [6, 6.07) is 9.58. The molecule has 8 heteroatoms. The molecule has 6 nitrogen and oxygen atoms in total. The molecule has 176 valence electrons. The van der Waals surface area contributed by atoms with Gasteiger partial charge in [0.05, 0.1) is 28.4 Å². The summed E-state index contributed by atoms with van der Waals surface area (Å²) < 4.78 is 27.7. The first-order chi connectivity index (χ1) is 15.6. The van der Waals surface area contributed by atoms with Crippen molar-refractivity contribution in [2.24, 2.45) is 0 Å². The van der Waals surface area contributed by atoms with Crippen LogP contribution in [0.1, 0.15) is 11.1 Å². The number of alkyl halides is 2. The lowest BCUT2D eigenvalue weighted by molar-refractivity contribution is 0.218. The van der Waals surface area contributed by atoms with Crippen molar-refractivity contribution in [2.45, 2.75) is 0 Å². The highest BCUT2D eigenvalue weighted by atomic mass is 35.5. The Kier molecular flexibility index (Phi) is 11.4. The van der Waals surface area contributed by atoms with Crippen molar-refractivity contribution in [1.29, 1.82) is 0 Å². The van der Waals surface area contributed by atoms with E-state index in [0.29, 0.717) is 47.1 Å². The minimum atomic E-state index is 0.504. The fourth-order valence-electron chi connectivity index (χ4n) is 3.16. The predicted molar refractivity (Wildman–Crippen MR) is 131 cm³/mol. The maximum atomic E-state index is 6.00. The smallest absolute Gasteiger partial charge is 0.203 e. The second-order valence-corrected chi connectivity index (χ2v) is 7.53. The van der Waals surface area contributed by atoms with Gasteiger partial charge in [-0.05, 0) is 35.4 Å². The molecule has 0 aromatic heterocycles. The quantitative estimate of drug-likeness (QED) is 0.276. The maximum absolute atomic E-state index is 6.00. The summed E-state index contributed by atoms with van der Waals surface area (Å²) >= 11 is 11.7. The Morgan fingerprint density at radius 3 is 1.78 bits per heavy atom. The predicted octanol–water partition coefficient (Wildman–Crippen LogP) is 5.05. The highest BCUT2D eigenvalue weighted by Crippen LogP contribution is 2.38. The van der Waals surface area contributed by atoms with Crippen LogP contribution in [0.4, 0.5) is 0 Å². The molecule has 2 rings (SSSR count). The zero-order chi connectivity index (χ0) is 23.3. The third-order valence-corrected chi connectivity index (χ3v) is 5.15. The molecule has 0 aliphatic heterocycles. The van der Waals surface area contributed by atoms with Gasteiger partial charge in [-0.3, -0.25) is 4.90 Å². The van der Waals surface area contributed by atoms with Crippen LogP contribution in [-0.2, 0) is 0 Å². The molecule has 2 aromatic carbocycles. The van der Waals surface area contributed by atoms with Crippen LogP contribution in [0.2, 0.25) is 0 Å². The Morgan fingerprint density at radius 1 is 0.688 bits per heavy atom. The number of halogens is 2. The van der Waals surface area contributed by atoms with Gasteiger partial charge in [0, 0.05) is 31.4 Å². The Balaban J connectivity index is 2.17. The van der Waals surface area contributed by atoms with Gasteiger partial charge in [-0.25, -0.2) is 0 Å². The minimum absolute atomic E-state index is 0.504. The second-order valence-electron chi connectivity index (χ2n) is 6.77. The average Bonchev–Trinajstić information content (AvgIpc) is 2.82. The number of ether oxygens (including phenoxy) is 5. The van der Waals surface area contributed by atoms with Crippen molar-refractivity contribution in [3.05, 3.63) is 41.5 Å². The third kappa shape index (κ3) is 7.40. The third-order valence-electron chi connectivity index (χ3n) is 4.81. The van der Waals surface area contributed by atoms with Gasteiger partial charge in [0.15, 0.2) is 23.0 Å².